The molecule has 0 unspecified atom stereocenters. The van der Waals surface area contributed by atoms with Crippen LogP contribution in [0.3, 0.4) is 0 Å². The third-order valence-electron chi connectivity index (χ3n) is 4.93. The van der Waals surface area contributed by atoms with E-state index in [9.17, 15) is 22.8 Å². The van der Waals surface area contributed by atoms with Gasteiger partial charge in [-0.2, -0.15) is 4.72 Å². The van der Waals surface area contributed by atoms with Crippen molar-refractivity contribution in [2.24, 2.45) is 5.73 Å². The van der Waals surface area contributed by atoms with Crippen LogP contribution in [0.2, 0.25) is 0 Å². The van der Waals surface area contributed by atoms with E-state index >= 15 is 0 Å². The largest absolute Gasteiger partial charge is 0.460 e. The lowest BCUT2D eigenvalue weighted by molar-refractivity contribution is -0.158. The van der Waals surface area contributed by atoms with Gasteiger partial charge in [-0.15, -0.1) is 0 Å². The Morgan fingerprint density at radius 3 is 1.87 bits per heavy atom. The zero-order chi connectivity index (χ0) is 29.6. The number of nitrogens with two attached hydrogens (primary N) is 1. The van der Waals surface area contributed by atoms with Crippen molar-refractivity contribution < 1.29 is 32.3 Å². The van der Waals surface area contributed by atoms with E-state index in [0.717, 1.165) is 0 Å². The molecule has 0 spiro atoms. The maximum atomic E-state index is 13.1. The van der Waals surface area contributed by atoms with Crippen LogP contribution in [0.25, 0.3) is 0 Å². The van der Waals surface area contributed by atoms with E-state index in [1.165, 1.54) is 24.3 Å². The van der Waals surface area contributed by atoms with E-state index in [2.05, 4.69) is 10.0 Å². The second-order valence-electron chi connectivity index (χ2n) is 10.8. The predicted octanol–water partition coefficient (Wildman–Crippen LogP) is 3.33. The summed E-state index contributed by atoms with van der Waals surface area (Å²) < 4.78 is 39.1. The van der Waals surface area contributed by atoms with Crippen molar-refractivity contribution in [2.75, 3.05) is 5.32 Å². The molecule has 0 aromatic heterocycles. The Morgan fingerprint density at radius 1 is 0.872 bits per heavy atom. The lowest BCUT2D eigenvalue weighted by atomic mass is 10.1. The fourth-order valence-corrected chi connectivity index (χ4v) is 4.45. The van der Waals surface area contributed by atoms with Crippen molar-refractivity contribution >= 4 is 39.4 Å². The van der Waals surface area contributed by atoms with Gasteiger partial charge in [-0.05, 0) is 96.5 Å². The van der Waals surface area contributed by atoms with Gasteiger partial charge in [0.05, 0.1) is 4.90 Å². The summed E-state index contributed by atoms with van der Waals surface area (Å²) in [5, 5.41) is 10.1. The van der Waals surface area contributed by atoms with Crippen LogP contribution in [0.1, 0.15) is 70.3 Å². The van der Waals surface area contributed by atoms with Gasteiger partial charge in [0.25, 0.3) is 5.91 Å². The molecule has 0 radical (unpaired) electrons. The van der Waals surface area contributed by atoms with E-state index < -0.39 is 45.1 Å². The topological polar surface area (TPSA) is 178 Å². The van der Waals surface area contributed by atoms with Crippen molar-refractivity contribution in [1.82, 2.24) is 4.72 Å². The zero-order valence-electron chi connectivity index (χ0n) is 23.0. The number of carbonyl (C=O) groups is 3. The van der Waals surface area contributed by atoms with Gasteiger partial charge in [-0.3, -0.25) is 19.8 Å². The number of sulfonamides is 1. The normalized spacial score (nSPS) is 12.8. The van der Waals surface area contributed by atoms with E-state index in [1.807, 2.05) is 0 Å². The SMILES string of the molecule is CC(C)(C)OC(=O)CC[C@H](NS(=O)(=O)c1ccc(C(=O)Nc2ccc(C(=N)N)cc2)cc1)C(=O)OC(C)(C)C. The van der Waals surface area contributed by atoms with Crippen molar-refractivity contribution in [2.45, 2.75) is 76.5 Å². The molecule has 1 atom stereocenters. The van der Waals surface area contributed by atoms with Gasteiger partial charge in [0.2, 0.25) is 10.0 Å². The van der Waals surface area contributed by atoms with Gasteiger partial charge in [-0.1, -0.05) is 0 Å². The van der Waals surface area contributed by atoms with Gasteiger partial charge in [-0.25, -0.2) is 8.42 Å². The summed E-state index contributed by atoms with van der Waals surface area (Å²) in [7, 11) is -4.22. The Bertz CT molecular complexity index is 1310. The number of nitrogen functional groups attached to an aromatic ring is 1. The minimum absolute atomic E-state index is 0.1000. The summed E-state index contributed by atoms with van der Waals surface area (Å²) in [4.78, 5) is 37.4. The number of carbonyl (C=O) groups excluding carboxylic acids is 3. The molecule has 0 fully saturated rings. The Balaban J connectivity index is 2.16. The maximum Gasteiger partial charge on any atom is 0.324 e. The van der Waals surface area contributed by atoms with Gasteiger partial charge in [0, 0.05) is 23.2 Å². The molecule has 11 nitrogen and oxygen atoms in total. The first-order valence-corrected chi connectivity index (χ1v) is 13.7. The second kappa shape index (κ2) is 12.4. The Labute approximate surface area is 229 Å². The molecule has 5 N–H and O–H groups in total. The fraction of sp³-hybridized carbons (Fsp3) is 0.407. The summed E-state index contributed by atoms with van der Waals surface area (Å²) in [6.07, 6.45) is -0.387. The average Bonchev–Trinajstić information content (AvgIpc) is 2.80. The average molecular weight is 561 g/mol. The highest BCUT2D eigenvalue weighted by Gasteiger charge is 2.31. The number of benzene rings is 2. The van der Waals surface area contributed by atoms with Crippen LogP contribution in [0.5, 0.6) is 0 Å². The second-order valence-corrected chi connectivity index (χ2v) is 12.5. The minimum Gasteiger partial charge on any atom is -0.460 e. The molecule has 0 heterocycles. The number of rotatable bonds is 10. The predicted molar refractivity (Wildman–Crippen MR) is 147 cm³/mol. The molecule has 2 aromatic rings. The number of esters is 2. The maximum absolute atomic E-state index is 13.1. The Kier molecular flexibility index (Phi) is 9.99. The molecule has 2 rings (SSSR count). The number of hydrogen-bond acceptors (Lipinski definition) is 8. The molecule has 0 aliphatic heterocycles. The number of amidine groups is 1. The quantitative estimate of drug-likeness (QED) is 0.194. The van der Waals surface area contributed by atoms with Crippen LogP contribution in [-0.2, 0) is 29.1 Å². The highest BCUT2D eigenvalue weighted by molar-refractivity contribution is 7.89. The number of ether oxygens (including phenoxy) is 2. The first-order valence-electron chi connectivity index (χ1n) is 12.2. The summed E-state index contributed by atoms with van der Waals surface area (Å²) in [6.45, 7) is 10.0. The van der Waals surface area contributed by atoms with Crippen molar-refractivity contribution in [3.63, 3.8) is 0 Å². The first-order chi connectivity index (χ1) is 17.9. The Hall–Kier alpha value is -3.77. The molecule has 0 bridgehead atoms. The molecule has 39 heavy (non-hydrogen) atoms. The first kappa shape index (κ1) is 31.4. The van der Waals surface area contributed by atoms with E-state index in [1.54, 1.807) is 65.8 Å². The number of amides is 1. The molecular formula is C27H36N4O7S. The van der Waals surface area contributed by atoms with Crippen LogP contribution in [0.4, 0.5) is 5.69 Å². The molecule has 12 heteroatoms. The summed E-state index contributed by atoms with van der Waals surface area (Å²) >= 11 is 0. The number of hydrogen-bond donors (Lipinski definition) is 4. The van der Waals surface area contributed by atoms with Gasteiger partial charge in [0.1, 0.15) is 23.1 Å². The summed E-state index contributed by atoms with van der Waals surface area (Å²) in [5.41, 5.74) is 4.98. The zero-order valence-corrected chi connectivity index (χ0v) is 23.8. The van der Waals surface area contributed by atoms with E-state index in [4.69, 9.17) is 20.6 Å². The van der Waals surface area contributed by atoms with Gasteiger partial charge in [0.15, 0.2) is 0 Å². The van der Waals surface area contributed by atoms with Crippen LogP contribution in [-0.4, -0.2) is 49.3 Å². The third kappa shape index (κ3) is 10.5. The highest BCUT2D eigenvalue weighted by Crippen LogP contribution is 2.18. The van der Waals surface area contributed by atoms with E-state index in [0.29, 0.717) is 11.3 Å². The lowest BCUT2D eigenvalue weighted by Gasteiger charge is -2.25. The van der Waals surface area contributed by atoms with Crippen LogP contribution in [0, 0.1) is 5.41 Å². The van der Waals surface area contributed by atoms with Crippen LogP contribution in [0.15, 0.2) is 53.4 Å². The molecule has 0 saturated carbocycles. The molecule has 0 saturated heterocycles. The molecule has 2 aromatic carbocycles. The third-order valence-corrected chi connectivity index (χ3v) is 6.41. The lowest BCUT2D eigenvalue weighted by Crippen LogP contribution is -2.44. The van der Waals surface area contributed by atoms with Crippen molar-refractivity contribution in [1.29, 1.82) is 5.41 Å². The molecule has 0 aliphatic carbocycles. The molecule has 0 aliphatic rings. The van der Waals surface area contributed by atoms with Gasteiger partial charge >= 0.3 is 11.9 Å². The van der Waals surface area contributed by atoms with Crippen LogP contribution < -0.4 is 15.8 Å². The summed E-state index contributed by atoms with van der Waals surface area (Å²) in [5.74, 6) is -1.99. The number of anilines is 1. The van der Waals surface area contributed by atoms with Crippen molar-refractivity contribution in [3.8, 4) is 0 Å². The van der Waals surface area contributed by atoms with Gasteiger partial charge < -0.3 is 20.5 Å². The van der Waals surface area contributed by atoms with E-state index in [-0.39, 0.29) is 29.1 Å². The summed E-state index contributed by atoms with van der Waals surface area (Å²) in [6, 6.07) is 10.1. The smallest absolute Gasteiger partial charge is 0.324 e. The highest BCUT2D eigenvalue weighted by atomic mass is 32.2. The molecule has 1 amide bonds. The number of nitrogens with one attached hydrogen (secondary N) is 3. The van der Waals surface area contributed by atoms with Crippen molar-refractivity contribution in [3.05, 3.63) is 59.7 Å². The molecular weight excluding hydrogens is 524 g/mol. The Morgan fingerprint density at radius 2 is 1.38 bits per heavy atom. The fourth-order valence-electron chi connectivity index (χ4n) is 3.23. The monoisotopic (exact) mass is 560 g/mol. The molecule has 212 valence electrons. The van der Waals surface area contributed by atoms with Crippen LogP contribution >= 0.6 is 0 Å². The minimum atomic E-state index is -4.22. The standard InChI is InChI=1S/C27H36N4O7S/c1-26(2,3)37-22(32)16-15-21(25(34)38-27(4,5)6)31-39(35,36)20-13-9-18(10-14-20)24(33)30-19-11-7-17(8-12-19)23(28)29/h7-14,21,31H,15-16H2,1-6H3,(H3,28,29)(H,30,33)/t21-/m0/s1.